The van der Waals surface area contributed by atoms with Crippen molar-refractivity contribution in [3.8, 4) is 0 Å². The number of benzene rings is 2. The molecule has 2 aromatic carbocycles. The first kappa shape index (κ1) is 24.9. The zero-order valence-electron chi connectivity index (χ0n) is 19.4. The molecule has 1 heterocycles. The van der Waals surface area contributed by atoms with Crippen LogP contribution in [0.15, 0.2) is 48.5 Å². The fraction of sp³-hybridized carbons (Fsp3) is 0.462. The molecule has 33 heavy (non-hydrogen) atoms. The van der Waals surface area contributed by atoms with Crippen LogP contribution in [0.1, 0.15) is 49.0 Å². The van der Waals surface area contributed by atoms with Crippen LogP contribution in [0.2, 0.25) is 0 Å². The lowest BCUT2D eigenvalue weighted by Crippen LogP contribution is -2.52. The molecule has 2 aromatic rings. The third-order valence-electron chi connectivity index (χ3n) is 6.43. The largest absolute Gasteiger partial charge is 0.387 e. The summed E-state index contributed by atoms with van der Waals surface area (Å²) in [4.78, 5) is 26.1. The zero-order valence-corrected chi connectivity index (χ0v) is 19.4. The predicted molar refractivity (Wildman–Crippen MR) is 128 cm³/mol. The molecule has 6 nitrogen and oxygen atoms in total. The summed E-state index contributed by atoms with van der Waals surface area (Å²) in [5.74, 6) is 0.274. The molecule has 2 amide bonds. The van der Waals surface area contributed by atoms with Gasteiger partial charge in [-0.25, -0.2) is 9.18 Å². The first-order valence-corrected chi connectivity index (χ1v) is 11.6. The summed E-state index contributed by atoms with van der Waals surface area (Å²) in [6, 6.07) is 13.1. The van der Waals surface area contributed by atoms with Crippen LogP contribution < -0.4 is 10.6 Å². The van der Waals surface area contributed by atoms with Crippen molar-refractivity contribution in [3.63, 3.8) is 0 Å². The van der Waals surface area contributed by atoms with E-state index in [2.05, 4.69) is 15.5 Å². The summed E-state index contributed by atoms with van der Waals surface area (Å²) in [7, 11) is 0. The minimum absolute atomic E-state index is 0.0687. The maximum Gasteiger partial charge on any atom is 0.319 e. The maximum absolute atomic E-state index is 13.1. The van der Waals surface area contributed by atoms with Gasteiger partial charge in [0.25, 0.3) is 0 Å². The summed E-state index contributed by atoms with van der Waals surface area (Å²) in [6.45, 7) is 5.80. The number of aliphatic hydroxyl groups is 1. The fourth-order valence-corrected chi connectivity index (χ4v) is 4.25. The van der Waals surface area contributed by atoms with Crippen LogP contribution in [0.3, 0.4) is 0 Å². The number of halogens is 1. The molecular weight excluding hydrogens is 421 g/mol. The number of likely N-dealkylation sites (tertiary alicyclic amines) is 1. The average Bonchev–Trinajstić information content (AvgIpc) is 2.81. The van der Waals surface area contributed by atoms with Gasteiger partial charge in [-0.15, -0.1) is 0 Å². The fourth-order valence-electron chi connectivity index (χ4n) is 4.25. The second kappa shape index (κ2) is 11.4. The average molecular weight is 456 g/mol. The smallest absolute Gasteiger partial charge is 0.319 e. The Morgan fingerprint density at radius 2 is 1.85 bits per heavy atom. The SMILES string of the molecule is CC[C@](O)(CNC(=O)Nc1cccc(C(C)=O)c1)CN1CCC(Cc2ccc(F)cc2)CC1. The Kier molecular flexibility index (Phi) is 8.58. The van der Waals surface area contributed by atoms with E-state index in [-0.39, 0.29) is 18.1 Å². The summed E-state index contributed by atoms with van der Waals surface area (Å²) in [5.41, 5.74) is 1.19. The third-order valence-corrected chi connectivity index (χ3v) is 6.43. The molecule has 0 spiro atoms. The molecule has 1 saturated heterocycles. The number of urea groups is 1. The van der Waals surface area contributed by atoms with Crippen molar-refractivity contribution >= 4 is 17.5 Å². The number of carbonyl (C=O) groups excluding carboxylic acids is 2. The van der Waals surface area contributed by atoms with Gasteiger partial charge in [0.15, 0.2) is 5.78 Å². The minimum Gasteiger partial charge on any atom is -0.387 e. The number of amides is 2. The number of Topliss-reactive ketones (excluding diaryl/α,β-unsaturated/α-hetero) is 1. The molecule has 178 valence electrons. The van der Waals surface area contributed by atoms with Gasteiger partial charge in [0.2, 0.25) is 0 Å². The number of rotatable bonds is 9. The first-order chi connectivity index (χ1) is 15.8. The molecule has 0 aliphatic carbocycles. The topological polar surface area (TPSA) is 81.7 Å². The molecule has 1 aliphatic rings. The van der Waals surface area contributed by atoms with Crippen LogP contribution in [0.4, 0.5) is 14.9 Å². The van der Waals surface area contributed by atoms with Crippen LogP contribution in [0.5, 0.6) is 0 Å². The lowest BCUT2D eigenvalue weighted by atomic mass is 9.89. The number of ketones is 1. The number of β-amino-alcohol motifs (C(OH)–C–C–N with tert-alkyl or cyclic N) is 1. The molecule has 1 aliphatic heterocycles. The van der Waals surface area contributed by atoms with Gasteiger partial charge in [0.05, 0.1) is 5.60 Å². The quantitative estimate of drug-likeness (QED) is 0.494. The second-order valence-electron chi connectivity index (χ2n) is 9.07. The summed E-state index contributed by atoms with van der Waals surface area (Å²) in [6.07, 6.45) is 3.51. The molecule has 0 saturated carbocycles. The monoisotopic (exact) mass is 455 g/mol. The molecule has 1 fully saturated rings. The molecule has 3 N–H and O–H groups in total. The number of hydrogen-bond acceptors (Lipinski definition) is 4. The van der Waals surface area contributed by atoms with E-state index in [9.17, 15) is 19.1 Å². The van der Waals surface area contributed by atoms with Crippen LogP contribution in [-0.4, -0.2) is 53.6 Å². The van der Waals surface area contributed by atoms with Gasteiger partial charge in [-0.05, 0) is 81.4 Å². The lowest BCUT2D eigenvalue weighted by molar-refractivity contribution is -0.00554. The zero-order chi connectivity index (χ0) is 23.8. The van der Waals surface area contributed by atoms with Gasteiger partial charge < -0.3 is 20.6 Å². The van der Waals surface area contributed by atoms with Crippen molar-refractivity contribution in [2.45, 2.75) is 45.1 Å². The number of carbonyl (C=O) groups is 2. The Hall–Kier alpha value is -2.77. The van der Waals surface area contributed by atoms with Gasteiger partial charge in [0, 0.05) is 24.3 Å². The van der Waals surface area contributed by atoms with Crippen molar-refractivity contribution in [2.75, 3.05) is 31.5 Å². The maximum atomic E-state index is 13.1. The number of nitrogens with one attached hydrogen (secondary N) is 2. The van der Waals surface area contributed by atoms with E-state index in [0.717, 1.165) is 37.9 Å². The summed E-state index contributed by atoms with van der Waals surface area (Å²) < 4.78 is 13.1. The van der Waals surface area contributed by atoms with Crippen molar-refractivity contribution in [2.24, 2.45) is 5.92 Å². The highest BCUT2D eigenvalue weighted by Gasteiger charge is 2.30. The number of piperidine rings is 1. The highest BCUT2D eigenvalue weighted by atomic mass is 19.1. The van der Waals surface area contributed by atoms with E-state index in [1.54, 1.807) is 24.3 Å². The van der Waals surface area contributed by atoms with Crippen LogP contribution in [-0.2, 0) is 6.42 Å². The lowest BCUT2D eigenvalue weighted by Gasteiger charge is -2.38. The van der Waals surface area contributed by atoms with E-state index in [0.29, 0.717) is 30.1 Å². The first-order valence-electron chi connectivity index (χ1n) is 11.6. The Morgan fingerprint density at radius 1 is 1.15 bits per heavy atom. The van der Waals surface area contributed by atoms with Crippen molar-refractivity contribution < 1.29 is 19.1 Å². The molecule has 3 rings (SSSR count). The molecular formula is C26H34FN3O3. The van der Waals surface area contributed by atoms with Gasteiger partial charge in [-0.3, -0.25) is 4.79 Å². The van der Waals surface area contributed by atoms with E-state index in [4.69, 9.17) is 0 Å². The molecule has 0 aromatic heterocycles. The summed E-state index contributed by atoms with van der Waals surface area (Å²) in [5, 5.41) is 16.6. The number of hydrogen-bond donors (Lipinski definition) is 3. The molecule has 0 bridgehead atoms. The van der Waals surface area contributed by atoms with Crippen LogP contribution in [0.25, 0.3) is 0 Å². The highest BCUT2D eigenvalue weighted by Crippen LogP contribution is 2.24. The summed E-state index contributed by atoms with van der Waals surface area (Å²) >= 11 is 0. The Morgan fingerprint density at radius 3 is 2.48 bits per heavy atom. The van der Waals surface area contributed by atoms with Crippen molar-refractivity contribution in [3.05, 3.63) is 65.5 Å². The molecule has 1 atom stereocenters. The number of nitrogens with zero attached hydrogens (tertiary/aromatic N) is 1. The normalized spacial score (nSPS) is 16.7. The predicted octanol–water partition coefficient (Wildman–Crippen LogP) is 4.25. The van der Waals surface area contributed by atoms with E-state index in [1.165, 1.54) is 19.1 Å². The van der Waals surface area contributed by atoms with Crippen LogP contribution >= 0.6 is 0 Å². The third kappa shape index (κ3) is 7.65. The van der Waals surface area contributed by atoms with Crippen LogP contribution in [0, 0.1) is 11.7 Å². The van der Waals surface area contributed by atoms with Gasteiger partial charge in [-0.2, -0.15) is 0 Å². The van der Waals surface area contributed by atoms with E-state index in [1.807, 2.05) is 19.1 Å². The standard InChI is InChI=1S/C26H34FN3O3/c1-3-26(33,17-28-25(32)29-24-6-4-5-22(16-24)19(2)31)18-30-13-11-21(12-14-30)15-20-7-9-23(27)10-8-20/h4-10,16,21,33H,3,11-15,17-18H2,1-2H3,(H2,28,29,32)/t26-/m0/s1. The Bertz CT molecular complexity index is 942. The highest BCUT2D eigenvalue weighted by molar-refractivity contribution is 5.96. The Labute approximate surface area is 195 Å². The van der Waals surface area contributed by atoms with Gasteiger partial charge in [0.1, 0.15) is 5.82 Å². The van der Waals surface area contributed by atoms with Gasteiger partial charge >= 0.3 is 6.03 Å². The molecule has 0 unspecified atom stereocenters. The molecule has 7 heteroatoms. The molecule has 0 radical (unpaired) electrons. The second-order valence-corrected chi connectivity index (χ2v) is 9.07. The number of anilines is 1. The van der Waals surface area contributed by atoms with Crippen molar-refractivity contribution in [1.82, 2.24) is 10.2 Å². The van der Waals surface area contributed by atoms with E-state index < -0.39 is 11.6 Å². The minimum atomic E-state index is -1.03. The van der Waals surface area contributed by atoms with Crippen molar-refractivity contribution in [1.29, 1.82) is 0 Å². The van der Waals surface area contributed by atoms with Gasteiger partial charge in [-0.1, -0.05) is 31.2 Å². The van der Waals surface area contributed by atoms with E-state index >= 15 is 0 Å². The Balaban J connectivity index is 1.44.